The van der Waals surface area contributed by atoms with Crippen molar-refractivity contribution in [2.45, 2.75) is 18.4 Å². The second kappa shape index (κ2) is 5.73. The number of imide groups is 1. The molecule has 25 heavy (non-hydrogen) atoms. The topological polar surface area (TPSA) is 105 Å². The Kier molecular flexibility index (Phi) is 3.52. The molecular weight excluding hydrogens is 324 g/mol. The van der Waals surface area contributed by atoms with Crippen LogP contribution in [0.2, 0.25) is 0 Å². The van der Waals surface area contributed by atoms with Crippen LogP contribution in [0.3, 0.4) is 0 Å². The number of hydrogen-bond acceptors (Lipinski definition) is 5. The second-order valence-electron chi connectivity index (χ2n) is 6.22. The average molecular weight is 340 g/mol. The zero-order valence-electron chi connectivity index (χ0n) is 13.3. The maximum Gasteiger partial charge on any atom is 0.322 e. The van der Waals surface area contributed by atoms with Gasteiger partial charge in [-0.1, -0.05) is 35.5 Å². The van der Waals surface area contributed by atoms with Gasteiger partial charge >= 0.3 is 6.03 Å². The standard InChI is InChI=1S/C17H16N4O4/c22-14(13-10-12(20-25-13)11-4-2-1-3-5-11)21-8-6-17(7-9-21)15(23)18-16(24)19-17/h1-5,10H,6-9H2,(H2,18,19,23,24). The van der Waals surface area contributed by atoms with Crippen LogP contribution in [0, 0.1) is 0 Å². The third-order valence-corrected chi connectivity index (χ3v) is 4.71. The van der Waals surface area contributed by atoms with E-state index in [9.17, 15) is 14.4 Å². The number of urea groups is 1. The first-order chi connectivity index (χ1) is 12.1. The van der Waals surface area contributed by atoms with Crippen LogP contribution in [0.15, 0.2) is 40.9 Å². The van der Waals surface area contributed by atoms with Gasteiger partial charge in [-0.3, -0.25) is 14.9 Å². The van der Waals surface area contributed by atoms with Gasteiger partial charge in [-0.25, -0.2) is 4.79 Å². The highest BCUT2D eigenvalue weighted by molar-refractivity contribution is 6.07. The van der Waals surface area contributed by atoms with Crippen molar-refractivity contribution in [1.82, 2.24) is 20.7 Å². The van der Waals surface area contributed by atoms with Crippen LogP contribution in [0.5, 0.6) is 0 Å². The van der Waals surface area contributed by atoms with Crippen molar-refractivity contribution < 1.29 is 18.9 Å². The van der Waals surface area contributed by atoms with Gasteiger partial charge < -0.3 is 14.7 Å². The molecule has 1 aromatic carbocycles. The maximum absolute atomic E-state index is 12.6. The normalized spacial score (nSPS) is 19.0. The summed E-state index contributed by atoms with van der Waals surface area (Å²) in [6.07, 6.45) is 0.742. The lowest BCUT2D eigenvalue weighted by molar-refractivity contribution is -0.125. The van der Waals surface area contributed by atoms with Crippen molar-refractivity contribution in [3.63, 3.8) is 0 Å². The number of carbonyl (C=O) groups excluding carboxylic acids is 3. The molecule has 2 aliphatic rings. The van der Waals surface area contributed by atoms with Gasteiger partial charge in [0.15, 0.2) is 0 Å². The largest absolute Gasteiger partial charge is 0.350 e. The Hall–Kier alpha value is -3.16. The van der Waals surface area contributed by atoms with E-state index >= 15 is 0 Å². The number of benzene rings is 1. The molecule has 2 aliphatic heterocycles. The molecule has 2 fully saturated rings. The first-order valence-electron chi connectivity index (χ1n) is 8.02. The molecule has 0 radical (unpaired) electrons. The van der Waals surface area contributed by atoms with Gasteiger partial charge in [0.1, 0.15) is 11.2 Å². The first-order valence-corrected chi connectivity index (χ1v) is 8.02. The summed E-state index contributed by atoms with van der Waals surface area (Å²) in [5, 5.41) is 8.88. The number of piperidine rings is 1. The predicted molar refractivity (Wildman–Crippen MR) is 86.5 cm³/mol. The zero-order chi connectivity index (χ0) is 17.4. The lowest BCUT2D eigenvalue weighted by Gasteiger charge is -2.36. The summed E-state index contributed by atoms with van der Waals surface area (Å²) in [6.45, 7) is 0.710. The Morgan fingerprint density at radius 2 is 1.88 bits per heavy atom. The molecule has 2 saturated heterocycles. The van der Waals surface area contributed by atoms with Crippen molar-refractivity contribution in [1.29, 1.82) is 0 Å². The Morgan fingerprint density at radius 3 is 2.52 bits per heavy atom. The van der Waals surface area contributed by atoms with E-state index in [1.54, 1.807) is 11.0 Å². The van der Waals surface area contributed by atoms with Crippen LogP contribution in [0.1, 0.15) is 23.4 Å². The van der Waals surface area contributed by atoms with E-state index < -0.39 is 11.6 Å². The van der Waals surface area contributed by atoms with Crippen LogP contribution in [0.25, 0.3) is 11.3 Å². The van der Waals surface area contributed by atoms with Gasteiger partial charge in [0.25, 0.3) is 11.8 Å². The summed E-state index contributed by atoms with van der Waals surface area (Å²) in [7, 11) is 0. The lowest BCUT2D eigenvalue weighted by Crippen LogP contribution is -2.55. The maximum atomic E-state index is 12.6. The molecule has 0 atom stereocenters. The minimum absolute atomic E-state index is 0.162. The van der Waals surface area contributed by atoms with E-state index in [0.29, 0.717) is 31.6 Å². The fourth-order valence-corrected chi connectivity index (χ4v) is 3.25. The minimum Gasteiger partial charge on any atom is -0.350 e. The number of nitrogens with one attached hydrogen (secondary N) is 2. The minimum atomic E-state index is -0.898. The van der Waals surface area contributed by atoms with Crippen molar-refractivity contribution in [3.8, 4) is 11.3 Å². The number of likely N-dealkylation sites (tertiary alicyclic amines) is 1. The Balaban J connectivity index is 1.46. The van der Waals surface area contributed by atoms with Crippen molar-refractivity contribution in [3.05, 3.63) is 42.2 Å². The molecule has 0 aliphatic carbocycles. The SMILES string of the molecule is O=C1NC(=O)C2(CCN(C(=O)c3cc(-c4ccccc4)no3)CC2)N1. The van der Waals surface area contributed by atoms with E-state index in [0.717, 1.165) is 5.56 Å². The molecule has 1 aromatic heterocycles. The molecule has 8 nitrogen and oxygen atoms in total. The molecule has 0 unspecified atom stereocenters. The van der Waals surface area contributed by atoms with Gasteiger partial charge in [-0.2, -0.15) is 0 Å². The second-order valence-corrected chi connectivity index (χ2v) is 6.22. The van der Waals surface area contributed by atoms with Gasteiger partial charge in [0, 0.05) is 24.7 Å². The molecule has 2 aromatic rings. The van der Waals surface area contributed by atoms with Crippen LogP contribution in [-0.4, -0.2) is 46.5 Å². The molecule has 3 heterocycles. The third-order valence-electron chi connectivity index (χ3n) is 4.71. The fourth-order valence-electron chi connectivity index (χ4n) is 3.25. The number of hydrogen-bond donors (Lipinski definition) is 2. The highest BCUT2D eigenvalue weighted by Crippen LogP contribution is 2.27. The first kappa shape index (κ1) is 15.4. The van der Waals surface area contributed by atoms with Crippen LogP contribution in [-0.2, 0) is 4.79 Å². The highest BCUT2D eigenvalue weighted by Gasteiger charge is 2.48. The number of carbonyl (C=O) groups is 3. The summed E-state index contributed by atoms with van der Waals surface area (Å²) in [6, 6.07) is 10.6. The fraction of sp³-hybridized carbons (Fsp3) is 0.294. The van der Waals surface area contributed by atoms with E-state index in [1.165, 1.54) is 0 Å². The molecule has 4 rings (SSSR count). The molecule has 4 amide bonds. The number of nitrogens with zero attached hydrogens (tertiary/aromatic N) is 2. The molecular formula is C17H16N4O4. The number of aromatic nitrogens is 1. The summed E-state index contributed by atoms with van der Waals surface area (Å²) < 4.78 is 5.20. The quantitative estimate of drug-likeness (QED) is 0.798. The Morgan fingerprint density at radius 1 is 1.16 bits per heavy atom. The van der Waals surface area contributed by atoms with Crippen molar-refractivity contribution in [2.24, 2.45) is 0 Å². The van der Waals surface area contributed by atoms with Gasteiger partial charge in [-0.05, 0) is 12.8 Å². The van der Waals surface area contributed by atoms with Crippen LogP contribution in [0.4, 0.5) is 4.79 Å². The van der Waals surface area contributed by atoms with Crippen LogP contribution < -0.4 is 10.6 Å². The smallest absolute Gasteiger partial charge is 0.322 e. The van der Waals surface area contributed by atoms with Gasteiger partial charge in [-0.15, -0.1) is 0 Å². The Labute approximate surface area is 143 Å². The summed E-state index contributed by atoms with van der Waals surface area (Å²) in [5.41, 5.74) is 0.567. The molecule has 8 heteroatoms. The molecule has 128 valence electrons. The van der Waals surface area contributed by atoms with Gasteiger partial charge in [0.2, 0.25) is 5.76 Å². The Bertz CT molecular complexity index is 837. The number of rotatable bonds is 2. The zero-order valence-corrected chi connectivity index (χ0v) is 13.3. The van der Waals surface area contributed by atoms with E-state index in [2.05, 4.69) is 15.8 Å². The van der Waals surface area contributed by atoms with E-state index in [1.807, 2.05) is 30.3 Å². The average Bonchev–Trinajstić information content (AvgIpc) is 3.21. The number of amides is 4. The van der Waals surface area contributed by atoms with E-state index in [-0.39, 0.29) is 17.6 Å². The van der Waals surface area contributed by atoms with Crippen molar-refractivity contribution in [2.75, 3.05) is 13.1 Å². The van der Waals surface area contributed by atoms with Gasteiger partial charge in [0.05, 0.1) is 0 Å². The summed E-state index contributed by atoms with van der Waals surface area (Å²) in [4.78, 5) is 37.5. The summed E-state index contributed by atoms with van der Waals surface area (Å²) >= 11 is 0. The molecule has 0 saturated carbocycles. The molecule has 0 bridgehead atoms. The van der Waals surface area contributed by atoms with Crippen LogP contribution >= 0.6 is 0 Å². The molecule has 2 N–H and O–H groups in total. The highest BCUT2D eigenvalue weighted by atomic mass is 16.5. The summed E-state index contributed by atoms with van der Waals surface area (Å²) in [5.74, 6) is -0.431. The lowest BCUT2D eigenvalue weighted by atomic mass is 9.87. The third kappa shape index (κ3) is 2.65. The van der Waals surface area contributed by atoms with Crippen molar-refractivity contribution >= 4 is 17.8 Å². The van der Waals surface area contributed by atoms with E-state index in [4.69, 9.17) is 4.52 Å². The predicted octanol–water partition coefficient (Wildman–Crippen LogP) is 1.16. The molecule has 1 spiro atoms. The monoisotopic (exact) mass is 340 g/mol.